The van der Waals surface area contributed by atoms with Crippen molar-refractivity contribution in [2.45, 2.75) is 11.1 Å². The standard InChI is InChI=1S/C28H26N4O7/c29-27(15-33,25(36)37)21-12-10-17-6-4-5-9-20(17)23(21)24-18(11-13-22(35)28(30,16-34)26(38)39)14-32(31-24)19-7-2-1-3-8-19/h1-14,33-34H,15-16,29-30H2,(H,36,37)(H,38,39)/b13-11+/t27-,28-/m1/s1. The average Bonchev–Trinajstić information content (AvgIpc) is 3.38. The highest BCUT2D eigenvalue weighted by molar-refractivity contribution is 6.14. The Kier molecular flexibility index (Phi) is 7.43. The topological polar surface area (TPSA) is 202 Å². The van der Waals surface area contributed by atoms with Crippen LogP contribution in [-0.4, -0.2) is 66.7 Å². The van der Waals surface area contributed by atoms with Crippen LogP contribution in [0.25, 0.3) is 33.8 Å². The number of fused-ring (bicyclic) bond motifs is 1. The summed E-state index contributed by atoms with van der Waals surface area (Å²) in [7, 11) is 0. The molecule has 0 radical (unpaired) electrons. The fraction of sp³-hybridized carbons (Fsp3) is 0.143. The quantitative estimate of drug-likeness (QED) is 0.128. The number of aliphatic hydroxyl groups excluding tert-OH is 2. The zero-order valence-electron chi connectivity index (χ0n) is 20.6. The van der Waals surface area contributed by atoms with Crippen molar-refractivity contribution >= 4 is 34.6 Å². The lowest BCUT2D eigenvalue weighted by molar-refractivity contribution is -0.149. The molecule has 0 aliphatic heterocycles. The lowest BCUT2D eigenvalue weighted by atomic mass is 9.83. The predicted molar refractivity (Wildman–Crippen MR) is 143 cm³/mol. The number of carbonyl (C=O) groups is 3. The van der Waals surface area contributed by atoms with Gasteiger partial charge in [0, 0.05) is 17.3 Å². The van der Waals surface area contributed by atoms with Gasteiger partial charge in [0.05, 0.1) is 18.9 Å². The van der Waals surface area contributed by atoms with E-state index in [4.69, 9.17) is 16.6 Å². The van der Waals surface area contributed by atoms with Gasteiger partial charge in [-0.05, 0) is 40.6 Å². The minimum Gasteiger partial charge on any atom is -0.480 e. The van der Waals surface area contributed by atoms with E-state index in [0.717, 1.165) is 11.5 Å². The molecule has 0 fully saturated rings. The van der Waals surface area contributed by atoms with Gasteiger partial charge >= 0.3 is 11.9 Å². The first-order valence-corrected chi connectivity index (χ1v) is 11.7. The fourth-order valence-corrected chi connectivity index (χ4v) is 4.15. The first-order valence-electron chi connectivity index (χ1n) is 11.7. The molecule has 39 heavy (non-hydrogen) atoms. The van der Waals surface area contributed by atoms with Crippen LogP contribution in [0.1, 0.15) is 11.1 Å². The zero-order chi connectivity index (χ0) is 28.4. The van der Waals surface area contributed by atoms with E-state index in [1.54, 1.807) is 54.7 Å². The summed E-state index contributed by atoms with van der Waals surface area (Å²) in [6.07, 6.45) is 3.77. The largest absolute Gasteiger partial charge is 0.480 e. The molecule has 0 aliphatic carbocycles. The molecule has 4 rings (SSSR count). The molecule has 8 N–H and O–H groups in total. The minimum absolute atomic E-state index is 0.0737. The van der Waals surface area contributed by atoms with Crippen molar-refractivity contribution in [3.8, 4) is 16.9 Å². The Morgan fingerprint density at radius 3 is 2.15 bits per heavy atom. The number of carboxylic acids is 2. The SMILES string of the molecule is N[C@@](CO)(C(=O)O)C(=O)/C=C/c1cn(-c2ccccc2)nc1-c1c([C@](N)(CO)C(=O)O)ccc2ccccc12. The zero-order valence-corrected chi connectivity index (χ0v) is 20.6. The van der Waals surface area contributed by atoms with Crippen LogP contribution < -0.4 is 11.5 Å². The Morgan fingerprint density at radius 2 is 1.54 bits per heavy atom. The van der Waals surface area contributed by atoms with Crippen molar-refractivity contribution in [3.63, 3.8) is 0 Å². The highest BCUT2D eigenvalue weighted by atomic mass is 16.4. The number of aromatic nitrogens is 2. The van der Waals surface area contributed by atoms with Crippen LogP contribution in [0.5, 0.6) is 0 Å². The number of hydrogen-bond donors (Lipinski definition) is 6. The number of benzene rings is 3. The lowest BCUT2D eigenvalue weighted by Crippen LogP contribution is -2.57. The van der Waals surface area contributed by atoms with Crippen molar-refractivity contribution < 1.29 is 34.8 Å². The number of nitrogens with zero attached hydrogens (tertiary/aromatic N) is 2. The van der Waals surface area contributed by atoms with Crippen LogP contribution >= 0.6 is 0 Å². The Bertz CT molecular complexity index is 1600. The van der Waals surface area contributed by atoms with E-state index in [1.807, 2.05) is 12.1 Å². The molecule has 2 atom stereocenters. The molecule has 0 amide bonds. The molecule has 4 aromatic rings. The van der Waals surface area contributed by atoms with E-state index in [-0.39, 0.29) is 11.3 Å². The van der Waals surface area contributed by atoms with E-state index < -0.39 is 42.0 Å². The van der Waals surface area contributed by atoms with Gasteiger partial charge in [-0.2, -0.15) is 5.10 Å². The van der Waals surface area contributed by atoms with Gasteiger partial charge < -0.3 is 31.9 Å². The van der Waals surface area contributed by atoms with Crippen LogP contribution in [0.4, 0.5) is 0 Å². The van der Waals surface area contributed by atoms with E-state index in [2.05, 4.69) is 0 Å². The monoisotopic (exact) mass is 530 g/mol. The average molecular weight is 531 g/mol. The van der Waals surface area contributed by atoms with E-state index in [1.165, 1.54) is 16.8 Å². The lowest BCUT2D eigenvalue weighted by Gasteiger charge is -2.26. The van der Waals surface area contributed by atoms with Crippen molar-refractivity contribution in [1.29, 1.82) is 0 Å². The van der Waals surface area contributed by atoms with Gasteiger partial charge in [-0.1, -0.05) is 54.6 Å². The number of nitrogens with two attached hydrogens (primary N) is 2. The first-order chi connectivity index (χ1) is 18.6. The number of ketones is 1. The maximum atomic E-state index is 12.7. The highest BCUT2D eigenvalue weighted by Gasteiger charge is 2.41. The summed E-state index contributed by atoms with van der Waals surface area (Å²) in [5.74, 6) is -4.23. The van der Waals surface area contributed by atoms with Gasteiger partial charge in [0.1, 0.15) is 5.69 Å². The number of hydrogen-bond acceptors (Lipinski definition) is 8. The summed E-state index contributed by atoms with van der Waals surface area (Å²) in [5, 5.41) is 44.9. The molecular formula is C28H26N4O7. The molecule has 3 aromatic carbocycles. The highest BCUT2D eigenvalue weighted by Crippen LogP contribution is 2.38. The molecule has 1 heterocycles. The van der Waals surface area contributed by atoms with Crippen LogP contribution in [-0.2, 0) is 19.9 Å². The number of para-hydroxylation sites is 1. The first kappa shape index (κ1) is 27.4. The second-order valence-corrected chi connectivity index (χ2v) is 8.99. The number of carbonyl (C=O) groups excluding carboxylic acids is 1. The van der Waals surface area contributed by atoms with Crippen LogP contribution in [0.2, 0.25) is 0 Å². The van der Waals surface area contributed by atoms with Gasteiger partial charge in [0.25, 0.3) is 0 Å². The van der Waals surface area contributed by atoms with Crippen molar-refractivity contribution in [2.75, 3.05) is 13.2 Å². The minimum atomic E-state index is -2.55. The van der Waals surface area contributed by atoms with Gasteiger partial charge in [-0.3, -0.25) is 4.79 Å². The number of rotatable bonds is 10. The predicted octanol–water partition coefficient (Wildman–Crippen LogP) is 1.28. The third kappa shape index (κ3) is 4.82. The van der Waals surface area contributed by atoms with Crippen molar-refractivity contribution in [1.82, 2.24) is 9.78 Å². The Balaban J connectivity index is 2.03. The van der Waals surface area contributed by atoms with Gasteiger partial charge in [-0.15, -0.1) is 0 Å². The summed E-state index contributed by atoms with van der Waals surface area (Å²) in [6, 6.07) is 19.2. The third-order valence-electron chi connectivity index (χ3n) is 6.53. The summed E-state index contributed by atoms with van der Waals surface area (Å²) in [6.45, 7) is -2.04. The van der Waals surface area contributed by atoms with Gasteiger partial charge in [0.2, 0.25) is 5.54 Å². The number of aliphatic hydroxyl groups is 2. The molecule has 0 saturated carbocycles. The Hall–Kier alpha value is -4.68. The van der Waals surface area contributed by atoms with Gasteiger partial charge in [-0.25, -0.2) is 14.3 Å². The molecule has 0 spiro atoms. The van der Waals surface area contributed by atoms with Gasteiger partial charge in [0.15, 0.2) is 11.3 Å². The van der Waals surface area contributed by atoms with E-state index in [9.17, 15) is 34.8 Å². The Labute approximate surface area is 222 Å². The molecule has 0 aliphatic rings. The maximum Gasteiger partial charge on any atom is 0.334 e. The summed E-state index contributed by atoms with van der Waals surface area (Å²) < 4.78 is 1.50. The van der Waals surface area contributed by atoms with Crippen LogP contribution in [0.15, 0.2) is 79.0 Å². The summed E-state index contributed by atoms with van der Waals surface area (Å²) in [4.78, 5) is 36.5. The van der Waals surface area contributed by atoms with E-state index in [0.29, 0.717) is 22.2 Å². The van der Waals surface area contributed by atoms with Crippen molar-refractivity contribution in [2.24, 2.45) is 11.5 Å². The second-order valence-electron chi connectivity index (χ2n) is 8.99. The third-order valence-corrected chi connectivity index (χ3v) is 6.53. The molecule has 1 aromatic heterocycles. The smallest absolute Gasteiger partial charge is 0.334 e. The molecule has 0 unspecified atom stereocenters. The van der Waals surface area contributed by atoms with Crippen LogP contribution in [0.3, 0.4) is 0 Å². The molecule has 200 valence electrons. The molecule has 11 heteroatoms. The fourth-order valence-electron chi connectivity index (χ4n) is 4.15. The Morgan fingerprint density at radius 1 is 0.872 bits per heavy atom. The number of carboxylic acid groups (broad SMARTS) is 2. The maximum absolute atomic E-state index is 12.7. The number of aliphatic carboxylic acids is 2. The molecule has 11 nitrogen and oxygen atoms in total. The molecular weight excluding hydrogens is 504 g/mol. The molecule has 0 bridgehead atoms. The second kappa shape index (κ2) is 10.6. The van der Waals surface area contributed by atoms with Crippen molar-refractivity contribution in [3.05, 3.63) is 90.1 Å². The van der Waals surface area contributed by atoms with Crippen LogP contribution in [0, 0.1) is 0 Å². The molecule has 0 saturated heterocycles. The van der Waals surface area contributed by atoms with E-state index >= 15 is 0 Å². The summed E-state index contributed by atoms with van der Waals surface area (Å²) >= 11 is 0. The summed E-state index contributed by atoms with van der Waals surface area (Å²) in [5.41, 5.74) is 8.61. The normalized spacial score (nSPS) is 14.7.